The van der Waals surface area contributed by atoms with Gasteiger partial charge in [0.25, 0.3) is 0 Å². The van der Waals surface area contributed by atoms with E-state index in [-0.39, 0.29) is 16.6 Å². The second-order valence-corrected chi connectivity index (χ2v) is 6.97. The predicted octanol–water partition coefficient (Wildman–Crippen LogP) is 2.13. The van der Waals surface area contributed by atoms with E-state index in [9.17, 15) is 9.59 Å². The maximum atomic E-state index is 11.6. The normalized spacial score (nSPS) is 15.1. The summed E-state index contributed by atoms with van der Waals surface area (Å²) >= 11 is 1.51. The topological polar surface area (TPSA) is 66.4 Å². The van der Waals surface area contributed by atoms with E-state index in [0.717, 1.165) is 6.42 Å². The molecule has 0 heterocycles. The number of nitrogens with one attached hydrogen (secondary N) is 1. The smallest absolute Gasteiger partial charge is 0.326 e. The Bertz CT molecular complexity index is 273. The minimum atomic E-state index is -0.964. The molecule has 0 fully saturated rings. The van der Waals surface area contributed by atoms with Gasteiger partial charge < -0.3 is 10.4 Å². The van der Waals surface area contributed by atoms with Gasteiger partial charge in [-0.2, -0.15) is 0 Å². The zero-order valence-electron chi connectivity index (χ0n) is 11.2. The molecule has 0 aromatic rings. The Morgan fingerprint density at radius 3 is 2.24 bits per heavy atom. The highest BCUT2D eigenvalue weighted by Gasteiger charge is 2.25. The largest absolute Gasteiger partial charge is 0.480 e. The molecule has 4 nitrogen and oxygen atoms in total. The number of amides is 1. The molecule has 0 aliphatic carbocycles. The van der Waals surface area contributed by atoms with Crippen LogP contribution in [0.1, 0.15) is 41.0 Å². The van der Waals surface area contributed by atoms with Crippen molar-refractivity contribution < 1.29 is 14.7 Å². The third kappa shape index (κ3) is 7.26. The number of rotatable bonds is 6. The highest BCUT2D eigenvalue weighted by Crippen LogP contribution is 2.22. The molecule has 2 N–H and O–H groups in total. The number of carbonyl (C=O) groups excluding carboxylic acids is 1. The van der Waals surface area contributed by atoms with Gasteiger partial charge >= 0.3 is 5.97 Å². The van der Waals surface area contributed by atoms with E-state index >= 15 is 0 Å². The van der Waals surface area contributed by atoms with Gasteiger partial charge in [-0.25, -0.2) is 4.79 Å². The van der Waals surface area contributed by atoms with Crippen molar-refractivity contribution in [1.29, 1.82) is 0 Å². The van der Waals surface area contributed by atoms with E-state index in [1.807, 2.05) is 34.6 Å². The van der Waals surface area contributed by atoms with Crippen LogP contribution in [0.3, 0.4) is 0 Å². The van der Waals surface area contributed by atoms with Crippen molar-refractivity contribution in [2.75, 3.05) is 5.75 Å². The summed E-state index contributed by atoms with van der Waals surface area (Å²) in [5.41, 5.74) is 0. The quantitative estimate of drug-likeness (QED) is 0.768. The Labute approximate surface area is 108 Å². The molecule has 1 unspecified atom stereocenters. The Morgan fingerprint density at radius 1 is 1.35 bits per heavy atom. The van der Waals surface area contributed by atoms with Gasteiger partial charge in [-0.15, -0.1) is 11.8 Å². The van der Waals surface area contributed by atoms with Crippen molar-refractivity contribution in [2.24, 2.45) is 5.92 Å². The zero-order chi connectivity index (χ0) is 13.6. The maximum Gasteiger partial charge on any atom is 0.326 e. The summed E-state index contributed by atoms with van der Waals surface area (Å²) in [6.07, 6.45) is 0.726. The SMILES string of the molecule is CCC(C)[C@H](NC(=O)CSC(C)(C)C)C(=O)O. The van der Waals surface area contributed by atoms with Crippen LogP contribution in [0.2, 0.25) is 0 Å². The first-order valence-corrected chi connectivity index (χ1v) is 6.82. The third-order valence-electron chi connectivity index (χ3n) is 2.43. The monoisotopic (exact) mass is 261 g/mol. The molecular weight excluding hydrogens is 238 g/mol. The van der Waals surface area contributed by atoms with Crippen LogP contribution in [0.4, 0.5) is 0 Å². The number of carboxylic acids is 1. The van der Waals surface area contributed by atoms with E-state index in [1.54, 1.807) is 0 Å². The lowest BCUT2D eigenvalue weighted by Crippen LogP contribution is -2.45. The summed E-state index contributed by atoms with van der Waals surface area (Å²) in [4.78, 5) is 22.6. The van der Waals surface area contributed by atoms with Gasteiger partial charge in [-0.05, 0) is 5.92 Å². The molecule has 0 spiro atoms. The number of thioether (sulfide) groups is 1. The fraction of sp³-hybridized carbons (Fsp3) is 0.833. The Balaban J connectivity index is 4.28. The molecule has 0 aliphatic heterocycles. The lowest BCUT2D eigenvalue weighted by molar-refractivity contribution is -0.143. The highest BCUT2D eigenvalue weighted by molar-refractivity contribution is 8.01. The standard InChI is InChI=1S/C12H23NO3S/c1-6-8(2)10(11(15)16)13-9(14)7-17-12(3,4)5/h8,10H,6-7H2,1-5H3,(H,13,14)(H,15,16)/t8?,10-/m0/s1. The van der Waals surface area contributed by atoms with Crippen LogP contribution in [0.5, 0.6) is 0 Å². The van der Waals surface area contributed by atoms with Crippen molar-refractivity contribution in [2.45, 2.75) is 51.8 Å². The van der Waals surface area contributed by atoms with Gasteiger partial charge in [0.15, 0.2) is 0 Å². The fourth-order valence-corrected chi connectivity index (χ4v) is 1.83. The third-order valence-corrected chi connectivity index (χ3v) is 3.70. The lowest BCUT2D eigenvalue weighted by atomic mass is 9.99. The summed E-state index contributed by atoms with van der Waals surface area (Å²) in [5, 5.41) is 11.6. The van der Waals surface area contributed by atoms with Crippen molar-refractivity contribution in [3.63, 3.8) is 0 Å². The molecule has 2 atom stereocenters. The molecule has 0 saturated carbocycles. The van der Waals surface area contributed by atoms with Gasteiger partial charge in [0.2, 0.25) is 5.91 Å². The molecule has 0 radical (unpaired) electrons. The second-order valence-electron chi connectivity index (χ2n) is 5.17. The van der Waals surface area contributed by atoms with Crippen molar-refractivity contribution >= 4 is 23.6 Å². The van der Waals surface area contributed by atoms with Crippen molar-refractivity contribution in [3.05, 3.63) is 0 Å². The molecule has 0 bridgehead atoms. The fourth-order valence-electron chi connectivity index (χ4n) is 1.18. The van der Waals surface area contributed by atoms with Gasteiger partial charge in [0.1, 0.15) is 6.04 Å². The van der Waals surface area contributed by atoms with Crippen molar-refractivity contribution in [1.82, 2.24) is 5.32 Å². The van der Waals surface area contributed by atoms with Crippen LogP contribution < -0.4 is 5.32 Å². The maximum absolute atomic E-state index is 11.6. The van der Waals surface area contributed by atoms with Crippen molar-refractivity contribution in [3.8, 4) is 0 Å². The number of carbonyl (C=O) groups is 2. The Morgan fingerprint density at radius 2 is 1.88 bits per heavy atom. The molecule has 0 aromatic carbocycles. The lowest BCUT2D eigenvalue weighted by Gasteiger charge is -2.22. The van der Waals surface area contributed by atoms with Crippen LogP contribution in [0, 0.1) is 5.92 Å². The van der Waals surface area contributed by atoms with E-state index in [4.69, 9.17) is 5.11 Å². The first-order valence-electron chi connectivity index (χ1n) is 5.83. The second kappa shape index (κ2) is 6.89. The van der Waals surface area contributed by atoms with Crippen LogP contribution in [-0.2, 0) is 9.59 Å². The number of hydrogen-bond acceptors (Lipinski definition) is 3. The molecule has 0 aromatic heterocycles. The minimum Gasteiger partial charge on any atom is -0.480 e. The molecule has 100 valence electrons. The van der Waals surface area contributed by atoms with Gasteiger partial charge in [0, 0.05) is 4.75 Å². The number of hydrogen-bond donors (Lipinski definition) is 2. The highest BCUT2D eigenvalue weighted by atomic mass is 32.2. The van der Waals surface area contributed by atoms with Crippen LogP contribution in [-0.4, -0.2) is 33.5 Å². The molecule has 0 saturated heterocycles. The number of aliphatic carboxylic acids is 1. The van der Waals surface area contributed by atoms with Crippen LogP contribution in [0.15, 0.2) is 0 Å². The van der Waals surface area contributed by atoms with Gasteiger partial charge in [-0.3, -0.25) is 4.79 Å². The average molecular weight is 261 g/mol. The zero-order valence-corrected chi connectivity index (χ0v) is 12.1. The van der Waals surface area contributed by atoms with Gasteiger partial charge in [-0.1, -0.05) is 41.0 Å². The Kier molecular flexibility index (Phi) is 6.60. The van der Waals surface area contributed by atoms with Crippen LogP contribution in [0.25, 0.3) is 0 Å². The number of carboxylic acid groups (broad SMARTS) is 1. The molecule has 0 rings (SSSR count). The summed E-state index contributed by atoms with van der Waals surface area (Å²) in [7, 11) is 0. The van der Waals surface area contributed by atoms with E-state index in [1.165, 1.54) is 11.8 Å². The predicted molar refractivity (Wildman–Crippen MR) is 71.2 cm³/mol. The van der Waals surface area contributed by atoms with E-state index in [0.29, 0.717) is 5.75 Å². The summed E-state index contributed by atoms with van der Waals surface area (Å²) in [6.45, 7) is 9.81. The molecule has 1 amide bonds. The summed E-state index contributed by atoms with van der Waals surface area (Å²) in [6, 6.07) is -0.784. The first kappa shape index (κ1) is 16.3. The van der Waals surface area contributed by atoms with E-state index in [2.05, 4.69) is 5.32 Å². The minimum absolute atomic E-state index is 0.00638. The molecule has 17 heavy (non-hydrogen) atoms. The summed E-state index contributed by atoms with van der Waals surface area (Å²) in [5.74, 6) is -0.939. The van der Waals surface area contributed by atoms with Crippen LogP contribution >= 0.6 is 11.8 Å². The molecule has 0 aliphatic rings. The average Bonchev–Trinajstić information content (AvgIpc) is 2.20. The summed E-state index contributed by atoms with van der Waals surface area (Å²) < 4.78 is 0.00638. The molecular formula is C12H23NO3S. The molecule has 5 heteroatoms. The Hall–Kier alpha value is -0.710. The van der Waals surface area contributed by atoms with Gasteiger partial charge in [0.05, 0.1) is 5.75 Å². The van der Waals surface area contributed by atoms with E-state index < -0.39 is 12.0 Å². The first-order chi connectivity index (χ1) is 7.67.